The number of fused-ring (bicyclic) bond motifs is 1. The number of benzene rings is 2. The molecule has 0 saturated carbocycles. The summed E-state index contributed by atoms with van der Waals surface area (Å²) in [5, 5.41) is 10.5. The van der Waals surface area contributed by atoms with E-state index in [1.54, 1.807) is 17.8 Å². The van der Waals surface area contributed by atoms with Crippen LogP contribution in [0, 0.1) is 0 Å². The molecule has 1 N–H and O–H groups in total. The maximum Gasteiger partial charge on any atom is 0.341 e. The molecule has 0 radical (unpaired) electrons. The number of ether oxygens (including phenoxy) is 1. The number of hydrogen-bond donors (Lipinski definition) is 1. The normalized spacial score (nSPS) is 13.3. The summed E-state index contributed by atoms with van der Waals surface area (Å²) in [6.07, 6.45) is 5.82. The van der Waals surface area contributed by atoms with Gasteiger partial charge in [-0.15, -0.1) is 11.8 Å². The molecule has 0 spiro atoms. The van der Waals surface area contributed by atoms with E-state index in [1.807, 2.05) is 48.5 Å². The molecule has 3 rings (SSSR count). The van der Waals surface area contributed by atoms with Crippen LogP contribution < -0.4 is 4.90 Å². The molecule has 0 unspecified atom stereocenters. The van der Waals surface area contributed by atoms with Gasteiger partial charge < -0.3 is 14.7 Å². The lowest BCUT2D eigenvalue weighted by molar-refractivity contribution is 0.0596. The van der Waals surface area contributed by atoms with Crippen LogP contribution in [0.4, 0.5) is 5.69 Å². The number of carbonyl (C=O) groups excluding carboxylic acids is 1. The molecular formula is C20H21NO3S. The van der Waals surface area contributed by atoms with E-state index in [0.717, 1.165) is 34.6 Å². The molecule has 1 heterocycles. The molecule has 4 nitrogen and oxygen atoms in total. The fourth-order valence-corrected chi connectivity index (χ4v) is 4.02. The molecule has 0 atom stereocenters. The molecule has 0 bridgehead atoms. The smallest absolute Gasteiger partial charge is 0.341 e. The lowest BCUT2D eigenvalue weighted by Gasteiger charge is -2.22. The Balaban J connectivity index is 2.07. The Hall–Kier alpha value is -2.40. The van der Waals surface area contributed by atoms with Gasteiger partial charge in [-0.1, -0.05) is 24.3 Å². The molecular weight excluding hydrogens is 334 g/mol. The van der Waals surface area contributed by atoms with E-state index in [-0.39, 0.29) is 11.3 Å². The Morgan fingerprint density at radius 1 is 1.32 bits per heavy atom. The number of hydrogen-bond acceptors (Lipinski definition) is 5. The average molecular weight is 355 g/mol. The lowest BCUT2D eigenvalue weighted by Crippen LogP contribution is -2.14. The highest BCUT2D eigenvalue weighted by atomic mass is 32.2. The molecule has 2 aromatic rings. The number of nitrogens with zero attached hydrogens (tertiary/aromatic N) is 1. The van der Waals surface area contributed by atoms with Crippen molar-refractivity contribution in [2.24, 2.45) is 0 Å². The Labute approximate surface area is 152 Å². The van der Waals surface area contributed by atoms with Crippen LogP contribution in [0.25, 0.3) is 0 Å². The summed E-state index contributed by atoms with van der Waals surface area (Å²) >= 11 is 1.65. The van der Waals surface area contributed by atoms with Crippen molar-refractivity contribution in [3.8, 4) is 5.75 Å². The summed E-state index contributed by atoms with van der Waals surface area (Å²) in [6, 6.07) is 11.7. The topological polar surface area (TPSA) is 49.8 Å². The zero-order valence-electron chi connectivity index (χ0n) is 14.4. The van der Waals surface area contributed by atoms with Gasteiger partial charge in [0.1, 0.15) is 11.3 Å². The summed E-state index contributed by atoms with van der Waals surface area (Å²) in [4.78, 5) is 15.4. The molecule has 0 fully saturated rings. The predicted octanol–water partition coefficient (Wildman–Crippen LogP) is 4.37. The van der Waals surface area contributed by atoms with Crippen molar-refractivity contribution in [2.45, 2.75) is 23.5 Å². The van der Waals surface area contributed by atoms with Gasteiger partial charge in [0.25, 0.3) is 0 Å². The highest BCUT2D eigenvalue weighted by Crippen LogP contribution is 2.39. The molecule has 2 aromatic carbocycles. The van der Waals surface area contributed by atoms with Gasteiger partial charge in [-0.3, -0.25) is 0 Å². The van der Waals surface area contributed by atoms with Gasteiger partial charge in [-0.2, -0.15) is 0 Å². The second-order valence-corrected chi connectivity index (χ2v) is 6.92. The van der Waals surface area contributed by atoms with Crippen LogP contribution in [0.1, 0.15) is 27.9 Å². The van der Waals surface area contributed by atoms with E-state index in [1.165, 1.54) is 7.11 Å². The Morgan fingerprint density at radius 3 is 2.80 bits per heavy atom. The first-order chi connectivity index (χ1) is 12.1. The molecule has 0 amide bonds. The quantitative estimate of drug-likeness (QED) is 0.652. The second kappa shape index (κ2) is 7.66. The van der Waals surface area contributed by atoms with Crippen LogP contribution in [0.15, 0.2) is 53.6 Å². The van der Waals surface area contributed by atoms with Gasteiger partial charge >= 0.3 is 5.97 Å². The van der Waals surface area contributed by atoms with Gasteiger partial charge in [-0.25, -0.2) is 4.79 Å². The van der Waals surface area contributed by atoms with Gasteiger partial charge in [0.05, 0.1) is 7.11 Å². The minimum atomic E-state index is -0.496. The predicted molar refractivity (Wildman–Crippen MR) is 101 cm³/mol. The molecule has 0 aromatic heterocycles. The summed E-state index contributed by atoms with van der Waals surface area (Å²) in [5.74, 6) is 0.0687. The highest BCUT2D eigenvalue weighted by molar-refractivity contribution is 7.98. The number of phenols is 1. The van der Waals surface area contributed by atoms with Crippen molar-refractivity contribution in [3.63, 3.8) is 0 Å². The molecule has 130 valence electrons. The zero-order chi connectivity index (χ0) is 17.8. The number of methoxy groups -OCH3 is 1. The van der Waals surface area contributed by atoms with E-state index in [0.29, 0.717) is 5.75 Å². The van der Waals surface area contributed by atoms with Crippen molar-refractivity contribution in [2.75, 3.05) is 19.1 Å². The van der Waals surface area contributed by atoms with Crippen molar-refractivity contribution in [1.82, 2.24) is 0 Å². The summed E-state index contributed by atoms with van der Waals surface area (Å²) in [7, 11) is 3.29. The number of anilines is 1. The average Bonchev–Trinajstić information content (AvgIpc) is 2.81. The minimum Gasteiger partial charge on any atom is -0.507 e. The number of carbonyl (C=O) groups is 1. The number of aromatic hydroxyl groups is 1. The third-order valence-corrected chi connectivity index (χ3v) is 5.33. The summed E-state index contributed by atoms with van der Waals surface area (Å²) < 4.78 is 4.92. The third-order valence-electron chi connectivity index (χ3n) is 4.29. The molecule has 0 aliphatic carbocycles. The fraction of sp³-hybridized carbons (Fsp3) is 0.250. The fourth-order valence-electron chi connectivity index (χ4n) is 3.04. The molecule has 0 saturated heterocycles. The third kappa shape index (κ3) is 3.66. The standard InChI is InChI=1S/C20H21NO3S/c1-21-11-7-6-10-15-16(13-25-14-8-4-3-5-9-14)19(20(23)24-2)18(22)12-17(15)21/h3-5,7-9,11-12,22H,6,10,13H2,1-2H3. The zero-order valence-corrected chi connectivity index (χ0v) is 15.2. The van der Waals surface area contributed by atoms with Crippen LogP contribution in [0.2, 0.25) is 0 Å². The molecule has 25 heavy (non-hydrogen) atoms. The monoisotopic (exact) mass is 355 g/mol. The molecule has 1 aliphatic rings. The van der Waals surface area contributed by atoms with E-state index in [4.69, 9.17) is 4.74 Å². The number of allylic oxidation sites excluding steroid dienone is 1. The number of rotatable bonds is 4. The SMILES string of the molecule is COC(=O)c1c(O)cc2c(c1CSc1ccccc1)CCC=CN2C. The lowest BCUT2D eigenvalue weighted by atomic mass is 9.96. The maximum atomic E-state index is 12.3. The molecule has 1 aliphatic heterocycles. The van der Waals surface area contributed by atoms with Gasteiger partial charge in [0.2, 0.25) is 0 Å². The number of phenolic OH excluding ortho intramolecular Hbond substituents is 1. The number of esters is 1. The second-order valence-electron chi connectivity index (χ2n) is 5.87. The van der Waals surface area contributed by atoms with Gasteiger partial charge in [0, 0.05) is 29.4 Å². The van der Waals surface area contributed by atoms with Crippen molar-refractivity contribution in [1.29, 1.82) is 0 Å². The first-order valence-electron chi connectivity index (χ1n) is 8.15. The van der Waals surface area contributed by atoms with Crippen LogP contribution >= 0.6 is 11.8 Å². The number of thioether (sulfide) groups is 1. The van der Waals surface area contributed by atoms with E-state index >= 15 is 0 Å². The van der Waals surface area contributed by atoms with Crippen LogP contribution in [-0.2, 0) is 16.9 Å². The van der Waals surface area contributed by atoms with E-state index in [2.05, 4.69) is 6.08 Å². The van der Waals surface area contributed by atoms with Crippen molar-refractivity contribution < 1.29 is 14.6 Å². The van der Waals surface area contributed by atoms with Crippen molar-refractivity contribution >= 4 is 23.4 Å². The van der Waals surface area contributed by atoms with Gasteiger partial charge in [0.15, 0.2) is 0 Å². The Bertz CT molecular complexity index is 802. The largest absolute Gasteiger partial charge is 0.507 e. The van der Waals surface area contributed by atoms with E-state index in [9.17, 15) is 9.90 Å². The minimum absolute atomic E-state index is 0.0311. The summed E-state index contributed by atoms with van der Waals surface area (Å²) in [5.41, 5.74) is 3.16. The van der Waals surface area contributed by atoms with E-state index < -0.39 is 5.97 Å². The van der Waals surface area contributed by atoms with Crippen LogP contribution in [-0.4, -0.2) is 25.2 Å². The first-order valence-corrected chi connectivity index (χ1v) is 9.13. The Morgan fingerprint density at radius 2 is 2.08 bits per heavy atom. The highest BCUT2D eigenvalue weighted by Gasteiger charge is 2.25. The maximum absolute atomic E-state index is 12.3. The van der Waals surface area contributed by atoms with Crippen LogP contribution in [0.5, 0.6) is 5.75 Å². The van der Waals surface area contributed by atoms with Crippen LogP contribution in [0.3, 0.4) is 0 Å². The first kappa shape index (κ1) is 17.4. The van der Waals surface area contributed by atoms with Crippen molar-refractivity contribution in [3.05, 3.63) is 65.4 Å². The molecule has 5 heteroatoms. The Kier molecular flexibility index (Phi) is 5.34. The summed E-state index contributed by atoms with van der Waals surface area (Å²) in [6.45, 7) is 0. The van der Waals surface area contributed by atoms with Gasteiger partial charge in [-0.05, 0) is 42.3 Å².